The molecule has 1 aliphatic carbocycles. The van der Waals surface area contributed by atoms with Gasteiger partial charge in [-0.05, 0) is 57.5 Å². The number of piperidine rings is 1. The number of hydrogen-bond acceptors (Lipinski definition) is 4. The van der Waals surface area contributed by atoms with Gasteiger partial charge in [-0.3, -0.25) is 4.79 Å². The molecule has 104 valence electrons. The Morgan fingerprint density at radius 2 is 1.67 bits per heavy atom. The quantitative estimate of drug-likeness (QED) is 0.779. The van der Waals surface area contributed by atoms with Crippen molar-refractivity contribution in [1.82, 2.24) is 5.32 Å². The third-order valence-electron chi connectivity index (χ3n) is 4.15. The number of hydrogen-bond donors (Lipinski definition) is 1. The van der Waals surface area contributed by atoms with Gasteiger partial charge < -0.3 is 14.8 Å². The lowest BCUT2D eigenvalue weighted by Gasteiger charge is -2.32. The van der Waals surface area contributed by atoms with Gasteiger partial charge in [-0.2, -0.15) is 0 Å². The van der Waals surface area contributed by atoms with Crippen LogP contribution in [0.25, 0.3) is 0 Å². The second-order valence-electron chi connectivity index (χ2n) is 5.51. The first-order valence-corrected chi connectivity index (χ1v) is 7.21. The summed E-state index contributed by atoms with van der Waals surface area (Å²) in [5.74, 6) is 0.433. The zero-order valence-corrected chi connectivity index (χ0v) is 11.3. The zero-order valence-electron chi connectivity index (χ0n) is 11.3. The SMILES string of the molecule is COC(=O)CC1CCC(OC2CCNCC2)CC1. The predicted octanol–water partition coefficient (Wildman–Crippen LogP) is 1.88. The Hall–Kier alpha value is -0.610. The molecule has 0 bridgehead atoms. The van der Waals surface area contributed by atoms with Gasteiger partial charge in [-0.1, -0.05) is 0 Å². The summed E-state index contributed by atoms with van der Waals surface area (Å²) in [4.78, 5) is 11.2. The van der Waals surface area contributed by atoms with E-state index in [-0.39, 0.29) is 5.97 Å². The Morgan fingerprint density at radius 3 is 2.28 bits per heavy atom. The maximum absolute atomic E-state index is 11.2. The summed E-state index contributed by atoms with van der Waals surface area (Å²) >= 11 is 0. The molecule has 4 heteroatoms. The van der Waals surface area contributed by atoms with E-state index in [1.165, 1.54) is 7.11 Å². The van der Waals surface area contributed by atoms with E-state index in [1.54, 1.807) is 0 Å². The van der Waals surface area contributed by atoms with Crippen LogP contribution in [0.15, 0.2) is 0 Å². The van der Waals surface area contributed by atoms with Crippen LogP contribution in [0.3, 0.4) is 0 Å². The van der Waals surface area contributed by atoms with Crippen molar-refractivity contribution in [3.05, 3.63) is 0 Å². The highest BCUT2D eigenvalue weighted by molar-refractivity contribution is 5.69. The third-order valence-corrected chi connectivity index (χ3v) is 4.15. The molecular formula is C14H25NO3. The molecule has 0 unspecified atom stereocenters. The predicted molar refractivity (Wildman–Crippen MR) is 69.4 cm³/mol. The van der Waals surface area contributed by atoms with Gasteiger partial charge in [0, 0.05) is 6.42 Å². The van der Waals surface area contributed by atoms with Crippen LogP contribution in [0.1, 0.15) is 44.9 Å². The molecule has 0 aromatic rings. The number of esters is 1. The second kappa shape index (κ2) is 7.10. The van der Waals surface area contributed by atoms with E-state index in [4.69, 9.17) is 9.47 Å². The van der Waals surface area contributed by atoms with Gasteiger partial charge in [0.1, 0.15) is 0 Å². The average molecular weight is 255 g/mol. The molecule has 0 aromatic carbocycles. The zero-order chi connectivity index (χ0) is 12.8. The van der Waals surface area contributed by atoms with Crippen LogP contribution >= 0.6 is 0 Å². The van der Waals surface area contributed by atoms with Crippen molar-refractivity contribution >= 4 is 5.97 Å². The van der Waals surface area contributed by atoms with Gasteiger partial charge >= 0.3 is 5.97 Å². The number of ether oxygens (including phenoxy) is 2. The van der Waals surface area contributed by atoms with E-state index >= 15 is 0 Å². The van der Waals surface area contributed by atoms with Crippen molar-refractivity contribution in [2.45, 2.75) is 57.2 Å². The fraction of sp³-hybridized carbons (Fsp3) is 0.929. The minimum absolute atomic E-state index is 0.0716. The fourth-order valence-corrected chi connectivity index (χ4v) is 2.99. The van der Waals surface area contributed by atoms with E-state index in [0.29, 0.717) is 24.5 Å². The Morgan fingerprint density at radius 1 is 1.06 bits per heavy atom. The highest BCUT2D eigenvalue weighted by atomic mass is 16.5. The fourth-order valence-electron chi connectivity index (χ4n) is 2.99. The summed E-state index contributed by atoms with van der Waals surface area (Å²) in [6.07, 6.45) is 8.14. The van der Waals surface area contributed by atoms with Crippen molar-refractivity contribution in [1.29, 1.82) is 0 Å². The average Bonchev–Trinajstić information content (AvgIpc) is 2.42. The van der Waals surface area contributed by atoms with Gasteiger partial charge in [0.15, 0.2) is 0 Å². The van der Waals surface area contributed by atoms with Crippen LogP contribution in [-0.2, 0) is 14.3 Å². The molecule has 1 N–H and O–H groups in total. The summed E-state index contributed by atoms with van der Waals surface area (Å²) in [5.41, 5.74) is 0. The van der Waals surface area contributed by atoms with Crippen LogP contribution < -0.4 is 5.32 Å². The molecule has 2 aliphatic rings. The lowest BCUT2D eigenvalue weighted by Crippen LogP contribution is -2.36. The minimum Gasteiger partial charge on any atom is -0.469 e. The molecule has 4 nitrogen and oxygen atoms in total. The van der Waals surface area contributed by atoms with E-state index in [2.05, 4.69) is 5.32 Å². The molecule has 1 aliphatic heterocycles. The standard InChI is InChI=1S/C14H25NO3/c1-17-14(16)10-11-2-4-12(5-3-11)18-13-6-8-15-9-7-13/h11-13,15H,2-10H2,1H3. The van der Waals surface area contributed by atoms with Crippen molar-refractivity contribution in [2.75, 3.05) is 20.2 Å². The Bertz CT molecular complexity index is 256. The van der Waals surface area contributed by atoms with Crippen molar-refractivity contribution in [2.24, 2.45) is 5.92 Å². The molecule has 1 saturated carbocycles. The third kappa shape index (κ3) is 4.25. The van der Waals surface area contributed by atoms with E-state index < -0.39 is 0 Å². The number of rotatable bonds is 4. The van der Waals surface area contributed by atoms with Crippen LogP contribution in [0.5, 0.6) is 0 Å². The van der Waals surface area contributed by atoms with Crippen molar-refractivity contribution in [3.8, 4) is 0 Å². The molecule has 18 heavy (non-hydrogen) atoms. The van der Waals surface area contributed by atoms with E-state index in [9.17, 15) is 4.79 Å². The van der Waals surface area contributed by atoms with Crippen LogP contribution in [0.2, 0.25) is 0 Å². The monoisotopic (exact) mass is 255 g/mol. The van der Waals surface area contributed by atoms with Gasteiger partial charge in [0.05, 0.1) is 19.3 Å². The van der Waals surface area contributed by atoms with Crippen LogP contribution in [-0.4, -0.2) is 38.4 Å². The largest absolute Gasteiger partial charge is 0.469 e. The topological polar surface area (TPSA) is 47.6 Å². The second-order valence-corrected chi connectivity index (χ2v) is 5.51. The smallest absolute Gasteiger partial charge is 0.305 e. The molecular weight excluding hydrogens is 230 g/mol. The van der Waals surface area contributed by atoms with Crippen LogP contribution in [0.4, 0.5) is 0 Å². The summed E-state index contributed by atoms with van der Waals surface area (Å²) in [6.45, 7) is 2.17. The maximum Gasteiger partial charge on any atom is 0.305 e. The van der Waals surface area contributed by atoms with E-state index in [0.717, 1.165) is 51.6 Å². The number of nitrogens with one attached hydrogen (secondary N) is 1. The Kier molecular flexibility index (Phi) is 5.45. The van der Waals surface area contributed by atoms with Crippen molar-refractivity contribution in [3.63, 3.8) is 0 Å². The number of carbonyl (C=O) groups is 1. The minimum atomic E-state index is -0.0716. The normalized spacial score (nSPS) is 30.1. The Balaban J connectivity index is 1.65. The summed E-state index contributed by atoms with van der Waals surface area (Å²) < 4.78 is 10.9. The summed E-state index contributed by atoms with van der Waals surface area (Å²) in [7, 11) is 1.47. The molecule has 0 radical (unpaired) electrons. The van der Waals surface area contributed by atoms with Gasteiger partial charge in [0.2, 0.25) is 0 Å². The highest BCUT2D eigenvalue weighted by Gasteiger charge is 2.26. The lowest BCUT2D eigenvalue weighted by atomic mass is 9.85. The first-order chi connectivity index (χ1) is 8.78. The first-order valence-electron chi connectivity index (χ1n) is 7.21. The maximum atomic E-state index is 11.2. The highest BCUT2D eigenvalue weighted by Crippen LogP contribution is 2.30. The molecule has 0 aromatic heterocycles. The molecule has 2 fully saturated rings. The van der Waals surface area contributed by atoms with Crippen molar-refractivity contribution < 1.29 is 14.3 Å². The molecule has 1 saturated heterocycles. The molecule has 0 amide bonds. The lowest BCUT2D eigenvalue weighted by molar-refractivity contribution is -0.142. The van der Waals surface area contributed by atoms with Gasteiger partial charge in [-0.25, -0.2) is 0 Å². The van der Waals surface area contributed by atoms with E-state index in [1.807, 2.05) is 0 Å². The van der Waals surface area contributed by atoms with Crippen LogP contribution in [0, 0.1) is 5.92 Å². The number of methoxy groups -OCH3 is 1. The van der Waals surface area contributed by atoms with Gasteiger partial charge in [0.25, 0.3) is 0 Å². The number of carbonyl (C=O) groups excluding carboxylic acids is 1. The molecule has 0 atom stereocenters. The molecule has 1 heterocycles. The molecule has 2 rings (SSSR count). The summed E-state index contributed by atoms with van der Waals surface area (Å²) in [6, 6.07) is 0. The summed E-state index contributed by atoms with van der Waals surface area (Å²) in [5, 5.41) is 3.36. The molecule has 0 spiro atoms. The van der Waals surface area contributed by atoms with Gasteiger partial charge in [-0.15, -0.1) is 0 Å². The Labute approximate surface area is 109 Å². The first kappa shape index (κ1) is 13.8.